The van der Waals surface area contributed by atoms with Crippen molar-refractivity contribution in [1.82, 2.24) is 5.32 Å². The van der Waals surface area contributed by atoms with Crippen LogP contribution in [0, 0.1) is 0 Å². The molecule has 0 spiro atoms. The third kappa shape index (κ3) is 7.06. The van der Waals surface area contributed by atoms with Crippen molar-refractivity contribution in [2.45, 2.75) is 111 Å². The quantitative estimate of drug-likeness (QED) is 0.113. The standard InChI is InChI=1S/C22H43N5O13/c23-2-1-8(29)20(36)27-7-3-6(25)18(39-22-16(34)15(33)13(31)9(4-24)37-22)17(35)19(7)40-21-14(32)11(26)12(30)10(5-28)38-21/h6-19,21-22,28-35H,1-5,23-26H2,(H,27,36)/t6-,7-,8-,9-,10-,11+,12-,13-,14-,15+,16-,17-,18+,19-,21-,22-/m0/s1. The van der Waals surface area contributed by atoms with E-state index in [2.05, 4.69) is 5.32 Å². The van der Waals surface area contributed by atoms with Crippen LogP contribution in [-0.4, -0.2) is 164 Å². The zero-order valence-electron chi connectivity index (χ0n) is 21.7. The SMILES string of the molecule is NCC[C@H](O)C(=O)N[C@H]1C[C@H](N)[C@@H](O[C@@H]2O[C@@H](CN)[C@H](O)[C@@H](O)[C@@H]2O)[C@H](O)[C@H]1O[C@@H]1O[C@@H](CO)[C@H](O)[C@@H](N)[C@@H]1O. The van der Waals surface area contributed by atoms with Crippen molar-refractivity contribution in [2.24, 2.45) is 22.9 Å². The number of carbonyl (C=O) groups excluding carboxylic acids is 1. The predicted octanol–water partition coefficient (Wildman–Crippen LogP) is -8.42. The van der Waals surface area contributed by atoms with Crippen molar-refractivity contribution >= 4 is 5.91 Å². The molecule has 1 aliphatic carbocycles. The molecule has 16 atom stereocenters. The minimum Gasteiger partial charge on any atom is -0.394 e. The summed E-state index contributed by atoms with van der Waals surface area (Å²) >= 11 is 0. The number of amides is 1. The average molecular weight is 586 g/mol. The minimum atomic E-state index is -1.76. The molecule has 18 heteroatoms. The molecular formula is C22H43N5O13. The number of ether oxygens (including phenoxy) is 4. The maximum absolute atomic E-state index is 12.6. The summed E-state index contributed by atoms with van der Waals surface area (Å²) in [4.78, 5) is 12.6. The first-order valence-corrected chi connectivity index (χ1v) is 13.1. The Kier molecular flexibility index (Phi) is 11.9. The van der Waals surface area contributed by atoms with Crippen LogP contribution < -0.4 is 28.3 Å². The van der Waals surface area contributed by atoms with Gasteiger partial charge in [-0.15, -0.1) is 0 Å². The van der Waals surface area contributed by atoms with Crippen molar-refractivity contribution in [3.05, 3.63) is 0 Å². The third-order valence-electron chi connectivity index (χ3n) is 7.51. The number of hydrogen-bond donors (Lipinski definition) is 13. The fraction of sp³-hybridized carbons (Fsp3) is 0.955. The number of aliphatic hydroxyl groups excluding tert-OH is 8. The van der Waals surface area contributed by atoms with E-state index in [1.165, 1.54) is 0 Å². The number of nitrogens with two attached hydrogens (primary N) is 4. The predicted molar refractivity (Wildman–Crippen MR) is 131 cm³/mol. The maximum Gasteiger partial charge on any atom is 0.249 e. The first-order valence-electron chi connectivity index (χ1n) is 13.1. The molecule has 2 saturated heterocycles. The monoisotopic (exact) mass is 585 g/mol. The van der Waals surface area contributed by atoms with Gasteiger partial charge in [-0.3, -0.25) is 4.79 Å². The average Bonchev–Trinajstić information content (AvgIpc) is 2.92. The number of hydrogen-bond acceptors (Lipinski definition) is 17. The van der Waals surface area contributed by atoms with E-state index in [1.807, 2.05) is 0 Å². The molecule has 3 aliphatic rings. The lowest BCUT2D eigenvalue weighted by Gasteiger charge is -2.49. The van der Waals surface area contributed by atoms with E-state index in [4.69, 9.17) is 41.9 Å². The van der Waals surface area contributed by atoms with Gasteiger partial charge < -0.3 is 88.1 Å². The summed E-state index contributed by atoms with van der Waals surface area (Å²) in [7, 11) is 0. The van der Waals surface area contributed by atoms with Gasteiger partial charge >= 0.3 is 0 Å². The van der Waals surface area contributed by atoms with Crippen LogP contribution in [0.5, 0.6) is 0 Å². The lowest BCUT2D eigenvalue weighted by Crippen LogP contribution is -2.69. The zero-order valence-corrected chi connectivity index (χ0v) is 21.7. The summed E-state index contributed by atoms with van der Waals surface area (Å²) in [6.07, 6.45) is -19.8. The summed E-state index contributed by atoms with van der Waals surface area (Å²) < 4.78 is 22.5. The van der Waals surface area contributed by atoms with Gasteiger partial charge in [0.2, 0.25) is 5.91 Å². The van der Waals surface area contributed by atoms with E-state index in [0.29, 0.717) is 0 Å². The van der Waals surface area contributed by atoms with Gasteiger partial charge in [0.05, 0.1) is 18.7 Å². The molecule has 17 N–H and O–H groups in total. The van der Waals surface area contributed by atoms with E-state index in [0.717, 1.165) is 0 Å². The molecule has 3 rings (SSSR count). The molecule has 40 heavy (non-hydrogen) atoms. The van der Waals surface area contributed by atoms with E-state index >= 15 is 0 Å². The Balaban J connectivity index is 1.85. The van der Waals surface area contributed by atoms with Gasteiger partial charge in [-0.25, -0.2) is 0 Å². The third-order valence-corrected chi connectivity index (χ3v) is 7.51. The van der Waals surface area contributed by atoms with Crippen LogP contribution in [0.25, 0.3) is 0 Å². The first-order chi connectivity index (χ1) is 18.9. The van der Waals surface area contributed by atoms with Gasteiger partial charge in [-0.1, -0.05) is 0 Å². The molecule has 0 bridgehead atoms. The highest BCUT2D eigenvalue weighted by Gasteiger charge is 2.52. The Morgan fingerprint density at radius 3 is 2.05 bits per heavy atom. The van der Waals surface area contributed by atoms with Crippen LogP contribution in [0.15, 0.2) is 0 Å². The second-order valence-electron chi connectivity index (χ2n) is 10.3. The van der Waals surface area contributed by atoms with Gasteiger partial charge in [0.15, 0.2) is 12.6 Å². The lowest BCUT2D eigenvalue weighted by molar-refractivity contribution is -0.332. The number of rotatable bonds is 10. The summed E-state index contributed by atoms with van der Waals surface area (Å²) in [5.74, 6) is -0.845. The molecule has 1 saturated carbocycles. The van der Waals surface area contributed by atoms with Crippen LogP contribution in [-0.2, 0) is 23.7 Å². The topological polar surface area (TPSA) is 332 Å². The van der Waals surface area contributed by atoms with Gasteiger partial charge in [0.1, 0.15) is 67.1 Å². The fourth-order valence-electron chi connectivity index (χ4n) is 5.07. The number of nitrogens with one attached hydrogen (secondary N) is 1. The Labute approximate surface area is 229 Å². The summed E-state index contributed by atoms with van der Waals surface area (Å²) in [5.41, 5.74) is 23.1. The van der Waals surface area contributed by atoms with Crippen LogP contribution in [0.2, 0.25) is 0 Å². The number of carbonyl (C=O) groups is 1. The van der Waals surface area contributed by atoms with Crippen LogP contribution in [0.4, 0.5) is 0 Å². The maximum atomic E-state index is 12.6. The van der Waals surface area contributed by atoms with Crippen LogP contribution >= 0.6 is 0 Å². The van der Waals surface area contributed by atoms with E-state index in [9.17, 15) is 45.6 Å². The Morgan fingerprint density at radius 1 is 0.850 bits per heavy atom. The highest BCUT2D eigenvalue weighted by Crippen LogP contribution is 2.32. The van der Waals surface area contributed by atoms with Crippen molar-refractivity contribution in [3.63, 3.8) is 0 Å². The molecule has 2 aliphatic heterocycles. The molecule has 3 fully saturated rings. The molecule has 0 unspecified atom stereocenters. The van der Waals surface area contributed by atoms with Gasteiger partial charge in [-0.2, -0.15) is 0 Å². The highest BCUT2D eigenvalue weighted by atomic mass is 16.7. The second-order valence-corrected chi connectivity index (χ2v) is 10.3. The summed E-state index contributed by atoms with van der Waals surface area (Å²) in [6.45, 7) is -0.898. The van der Waals surface area contributed by atoms with Crippen molar-refractivity contribution in [3.8, 4) is 0 Å². The smallest absolute Gasteiger partial charge is 0.249 e. The second kappa shape index (κ2) is 14.3. The molecule has 2 heterocycles. The summed E-state index contributed by atoms with van der Waals surface area (Å²) in [5, 5.41) is 84.9. The highest BCUT2D eigenvalue weighted by molar-refractivity contribution is 5.80. The van der Waals surface area contributed by atoms with Gasteiger partial charge in [-0.05, 0) is 19.4 Å². The minimum absolute atomic E-state index is 0.0101. The largest absolute Gasteiger partial charge is 0.394 e. The molecule has 0 radical (unpaired) electrons. The van der Waals surface area contributed by atoms with Crippen LogP contribution in [0.1, 0.15) is 12.8 Å². The summed E-state index contributed by atoms with van der Waals surface area (Å²) in [6, 6.07) is -3.45. The zero-order chi connectivity index (χ0) is 29.9. The molecule has 1 amide bonds. The first kappa shape index (κ1) is 33.3. The lowest BCUT2D eigenvalue weighted by atomic mass is 9.83. The van der Waals surface area contributed by atoms with E-state index in [1.54, 1.807) is 0 Å². The van der Waals surface area contributed by atoms with E-state index in [-0.39, 0.29) is 25.9 Å². The van der Waals surface area contributed by atoms with Crippen molar-refractivity contribution in [1.29, 1.82) is 0 Å². The van der Waals surface area contributed by atoms with Gasteiger partial charge in [0, 0.05) is 12.6 Å². The normalized spacial score (nSPS) is 47.0. The Hall–Kier alpha value is -1.17. The van der Waals surface area contributed by atoms with Crippen LogP contribution in [0.3, 0.4) is 0 Å². The fourth-order valence-corrected chi connectivity index (χ4v) is 5.07. The Morgan fingerprint density at radius 2 is 1.45 bits per heavy atom. The molecule has 0 aromatic heterocycles. The van der Waals surface area contributed by atoms with Crippen molar-refractivity contribution < 1.29 is 64.6 Å². The van der Waals surface area contributed by atoms with Gasteiger partial charge in [0.25, 0.3) is 0 Å². The molecule has 234 valence electrons. The number of aliphatic hydroxyl groups is 8. The Bertz CT molecular complexity index is 815. The molecular weight excluding hydrogens is 542 g/mol. The van der Waals surface area contributed by atoms with E-state index < -0.39 is 110 Å². The van der Waals surface area contributed by atoms with Crippen molar-refractivity contribution in [2.75, 3.05) is 19.7 Å². The molecule has 0 aromatic rings. The molecule has 0 aromatic carbocycles. The molecule has 18 nitrogen and oxygen atoms in total.